The number of carboxylic acid groups (broad SMARTS) is 1. The molecule has 3 unspecified atom stereocenters. The largest absolute Gasteiger partial charge is 0.481 e. The molecular weight excluding hydrogens is 1310 g/mol. The number of nitrogens with zero attached hydrogens (tertiary/aromatic N) is 9. The molecule has 4 aromatic heterocycles. The van der Waals surface area contributed by atoms with Gasteiger partial charge in [0, 0.05) is 63.5 Å². The van der Waals surface area contributed by atoms with Crippen molar-refractivity contribution in [2.75, 3.05) is 56.7 Å². The summed E-state index contributed by atoms with van der Waals surface area (Å²) in [7, 11) is 1.44. The maximum absolute atomic E-state index is 13.9. The van der Waals surface area contributed by atoms with Crippen LogP contribution in [0.15, 0.2) is 49.6 Å². The number of nitrogens with one attached hydrogen (secondary N) is 4. The van der Waals surface area contributed by atoms with Crippen molar-refractivity contribution in [2.45, 2.75) is 127 Å². The molecule has 93 heavy (non-hydrogen) atoms. The maximum atomic E-state index is 13.9. The molecule has 40 heteroatoms. The number of nitrogens with two attached hydrogens (primary N) is 3. The molecule has 3 aliphatic rings. The molecule has 0 radical (unpaired) electrons. The molecule has 506 valence electrons. The first-order valence-corrected chi connectivity index (χ1v) is 34.2. The third kappa shape index (κ3) is 18.9. The molecule has 3 aliphatic heterocycles. The van der Waals surface area contributed by atoms with Gasteiger partial charge in [0.25, 0.3) is 0 Å². The summed E-state index contributed by atoms with van der Waals surface area (Å²) in [6, 6.07) is 4.53. The lowest BCUT2D eigenvalue weighted by Gasteiger charge is -2.29. The number of hydrogen-bond acceptors (Lipinski definition) is 27. The maximum Gasteiger partial charge on any atom is 0.409 e. The Morgan fingerprint density at radius 2 is 1.38 bits per heavy atom. The van der Waals surface area contributed by atoms with Crippen molar-refractivity contribution in [3.63, 3.8) is 0 Å². The average molecular weight is 1380 g/mol. The highest BCUT2D eigenvalue weighted by Gasteiger charge is 2.54. The predicted molar refractivity (Wildman–Crippen MR) is 331 cm³/mol. The van der Waals surface area contributed by atoms with Crippen LogP contribution in [-0.2, 0) is 96.0 Å². The number of rotatable bonds is 26. The van der Waals surface area contributed by atoms with Crippen molar-refractivity contribution in [3.8, 4) is 0 Å². The summed E-state index contributed by atoms with van der Waals surface area (Å²) in [6.07, 6.45) is -8.06. The fourth-order valence-electron chi connectivity index (χ4n) is 10.2. The number of ketones is 1. The summed E-state index contributed by atoms with van der Waals surface area (Å²) < 4.78 is 50.5. The number of aliphatic hydroxyl groups excluding tert-OH is 1. The SMILES string of the molecule is CC(CC(=O)O)C(=O)NCCC(=O)N[C@H](C(=O)C[C@@H](CCCNC(N)=O)C(=O)Nc1ccc(COC(=O)N(C)CCCC(=O)O[C@@H]2[C@@H]3OP(O)(=S)OC[C@H]4O[C@@H](n5cnc6c(N)ncnc65)[C@H](OP(O)(=S)OC[C@H]3O[C@H]2n2cnc3c(N)ncnc32)[C@@H]4O)cc1)C(C)C. The number of anilines is 3. The van der Waals surface area contributed by atoms with E-state index in [1.54, 1.807) is 38.1 Å². The van der Waals surface area contributed by atoms with Crippen LogP contribution in [0.3, 0.4) is 0 Å². The van der Waals surface area contributed by atoms with Gasteiger partial charge in [-0.05, 0) is 66.5 Å². The molecule has 6 amide bonds. The van der Waals surface area contributed by atoms with Crippen LogP contribution in [0.2, 0.25) is 0 Å². The van der Waals surface area contributed by atoms with Crippen molar-refractivity contribution in [2.24, 2.45) is 23.5 Å². The number of aliphatic hydroxyl groups is 1. The second kappa shape index (κ2) is 31.6. The van der Waals surface area contributed by atoms with Crippen LogP contribution in [0.25, 0.3) is 22.3 Å². The number of amides is 6. The molecule has 13 atom stereocenters. The Kier molecular flexibility index (Phi) is 24.2. The van der Waals surface area contributed by atoms with Gasteiger partial charge in [-0.15, -0.1) is 0 Å². The van der Waals surface area contributed by atoms with Crippen molar-refractivity contribution >= 4 is 124 Å². The number of esters is 1. The number of carboxylic acids is 1. The number of primary amides is 1. The Bertz CT molecular complexity index is 3650. The number of benzene rings is 1. The zero-order valence-corrected chi connectivity index (χ0v) is 53.9. The summed E-state index contributed by atoms with van der Waals surface area (Å²) in [5.74, 6) is -6.15. The van der Waals surface area contributed by atoms with Gasteiger partial charge in [0.15, 0.2) is 47.3 Å². The number of nitrogen functional groups attached to an aromatic ring is 2. The van der Waals surface area contributed by atoms with E-state index < -0.39 is 147 Å². The number of aromatic nitrogens is 8. The van der Waals surface area contributed by atoms with Gasteiger partial charge >= 0.3 is 37.5 Å². The molecule has 36 nitrogen and oxygen atoms in total. The van der Waals surface area contributed by atoms with E-state index in [0.29, 0.717) is 11.3 Å². The fraction of sp³-hybridized carbons (Fsp3) is 0.547. The van der Waals surface area contributed by atoms with Crippen LogP contribution >= 0.6 is 13.4 Å². The van der Waals surface area contributed by atoms with E-state index in [9.17, 15) is 53.2 Å². The van der Waals surface area contributed by atoms with Crippen LogP contribution in [0.5, 0.6) is 0 Å². The monoisotopic (exact) mass is 1380 g/mol. The molecule has 3 fully saturated rings. The molecule has 14 N–H and O–H groups in total. The van der Waals surface area contributed by atoms with Crippen molar-refractivity contribution in [1.82, 2.24) is 59.9 Å². The number of urea groups is 1. The van der Waals surface area contributed by atoms with E-state index in [1.165, 1.54) is 53.3 Å². The van der Waals surface area contributed by atoms with Gasteiger partial charge in [0.05, 0.1) is 38.3 Å². The quantitative estimate of drug-likeness (QED) is 0.0208. The molecule has 7 heterocycles. The van der Waals surface area contributed by atoms with E-state index in [4.69, 9.17) is 83.0 Å². The van der Waals surface area contributed by atoms with E-state index in [-0.39, 0.29) is 105 Å². The van der Waals surface area contributed by atoms with E-state index in [2.05, 4.69) is 51.2 Å². The lowest BCUT2D eigenvalue weighted by Crippen LogP contribution is -2.46. The lowest BCUT2D eigenvalue weighted by atomic mass is 9.89. The van der Waals surface area contributed by atoms with E-state index in [1.807, 2.05) is 0 Å². The summed E-state index contributed by atoms with van der Waals surface area (Å²) in [6.45, 7) is -5.47. The number of aliphatic carboxylic acids is 1. The van der Waals surface area contributed by atoms with Gasteiger partial charge in [-0.25, -0.2) is 39.5 Å². The third-order valence-electron chi connectivity index (χ3n) is 15.0. The zero-order valence-electron chi connectivity index (χ0n) is 50.5. The smallest absolute Gasteiger partial charge is 0.409 e. The van der Waals surface area contributed by atoms with Gasteiger partial charge in [0.2, 0.25) is 17.7 Å². The zero-order chi connectivity index (χ0) is 67.5. The molecule has 2 bridgehead atoms. The minimum Gasteiger partial charge on any atom is -0.481 e. The Balaban J connectivity index is 0.863. The van der Waals surface area contributed by atoms with Gasteiger partial charge in [-0.2, -0.15) is 0 Å². The van der Waals surface area contributed by atoms with Gasteiger partial charge in [0.1, 0.15) is 60.8 Å². The van der Waals surface area contributed by atoms with Crippen LogP contribution in [-0.4, -0.2) is 194 Å². The molecule has 1 aromatic carbocycles. The number of carbonyl (C=O) groups is 8. The van der Waals surface area contributed by atoms with Crippen LogP contribution < -0.4 is 38.5 Å². The minimum atomic E-state index is -4.45. The fourth-order valence-corrected chi connectivity index (χ4v) is 13.1. The molecule has 0 aliphatic carbocycles. The van der Waals surface area contributed by atoms with Crippen molar-refractivity contribution in [1.29, 1.82) is 0 Å². The molecule has 8 rings (SSSR count). The number of imidazole rings is 2. The summed E-state index contributed by atoms with van der Waals surface area (Å²) in [5.41, 5.74) is 18.8. The van der Waals surface area contributed by atoms with Crippen molar-refractivity contribution in [3.05, 3.63) is 55.1 Å². The highest BCUT2D eigenvalue weighted by atomic mass is 32.5. The number of fused-ring (bicyclic) bond motifs is 5. The highest BCUT2D eigenvalue weighted by Crippen LogP contribution is 2.54. The Hall–Kier alpha value is -7.58. The summed E-state index contributed by atoms with van der Waals surface area (Å²) in [4.78, 5) is 152. The Labute approximate surface area is 540 Å². The van der Waals surface area contributed by atoms with Crippen molar-refractivity contribution < 1.29 is 95.4 Å². The van der Waals surface area contributed by atoms with Crippen LogP contribution in [0.4, 0.5) is 26.9 Å². The lowest BCUT2D eigenvalue weighted by molar-refractivity contribution is -0.158. The first-order chi connectivity index (χ1) is 44.1. The third-order valence-corrected chi connectivity index (χ3v) is 18.1. The molecule has 5 aromatic rings. The van der Waals surface area contributed by atoms with Gasteiger partial charge < -0.3 is 91.4 Å². The Morgan fingerprint density at radius 1 is 0.774 bits per heavy atom. The number of ether oxygens (including phenoxy) is 4. The summed E-state index contributed by atoms with van der Waals surface area (Å²) >= 11 is 10.9. The number of Topliss-reactive ketones (excluding diaryl/α,β-unsaturated/α-hetero) is 1. The number of carbonyl (C=O) groups excluding carboxylic acids is 7. The first kappa shape index (κ1) is 71.3. The standard InChI is InChI=1S/C53H72N16O20P2S2/c1-26(2)37(66-34(71)13-15-57-48(76)27(3)17-35(72)73)31(70)18-29(7-5-14-58-52(56)78)49(77)65-30-11-9-28(10-12-30)19-82-53(79)67(4)16-6-8-36(74)87-43-41-33(86-51(43)69-25-64-39-45(55)60-23-62-47(39)69)21-84-91(81,93)89-42-40(75)32(20-83-90(80,92)88-41)85-50(42)68-24-63-38-44(54)59-22-61-46(38)68/h9-12,22-27,29,32-33,37,40-43,50-51,75H,5-8,13-21H2,1-4H3,(H,57,76)(H,65,77)(H,66,71)(H,72,73)(H,80,92)(H,81,93)(H2,54,59,61)(H2,55,60,62)(H3,56,58,78)/t27?,29-,32-,33-,37+,40-,41-,42-,43-,50-,51-,90?,91?/m1/s1. The highest BCUT2D eigenvalue weighted by molar-refractivity contribution is 8.07. The van der Waals surface area contributed by atoms with Gasteiger partial charge in [-0.1, -0.05) is 32.9 Å². The second-order valence-corrected chi connectivity index (χ2v) is 27.9. The first-order valence-electron chi connectivity index (χ1n) is 29.1. The number of hydrogen-bond donors (Lipinski definition) is 11. The molecular formula is C53H72N16O20P2S2. The Morgan fingerprint density at radius 3 is 1.99 bits per heavy atom. The van der Waals surface area contributed by atoms with E-state index >= 15 is 0 Å². The average Bonchev–Trinajstić information content (AvgIpc) is 1.62. The normalized spacial score (nSPS) is 24.9. The second-order valence-electron chi connectivity index (χ2n) is 22.3. The van der Waals surface area contributed by atoms with Gasteiger partial charge in [-0.3, -0.25) is 46.9 Å². The molecule has 3 saturated heterocycles. The van der Waals surface area contributed by atoms with E-state index in [0.717, 1.165) is 0 Å². The molecule has 0 spiro atoms. The van der Waals surface area contributed by atoms with Crippen LogP contribution in [0, 0.1) is 17.8 Å². The minimum absolute atomic E-state index is 0.00265. The topological polar surface area (TPSA) is 508 Å². The van der Waals surface area contributed by atoms with Crippen LogP contribution in [0.1, 0.15) is 83.7 Å². The predicted octanol–water partition coefficient (Wildman–Crippen LogP) is 0.918. The molecule has 0 saturated carbocycles. The summed E-state index contributed by atoms with van der Waals surface area (Å²) in [5, 5.41) is 30.9.